The van der Waals surface area contributed by atoms with Gasteiger partial charge in [0.2, 0.25) is 5.95 Å². The van der Waals surface area contributed by atoms with E-state index in [9.17, 15) is 4.79 Å². The van der Waals surface area contributed by atoms with Crippen molar-refractivity contribution in [2.24, 2.45) is 5.41 Å². The molecule has 0 fully saturated rings. The fourth-order valence-electron chi connectivity index (χ4n) is 4.70. The lowest BCUT2D eigenvalue weighted by Gasteiger charge is -2.38. The molecule has 0 saturated heterocycles. The van der Waals surface area contributed by atoms with Gasteiger partial charge >= 0.3 is 0 Å². The molecule has 0 spiro atoms. The van der Waals surface area contributed by atoms with Crippen LogP contribution in [0.5, 0.6) is 0 Å². The predicted molar refractivity (Wildman–Crippen MR) is 118 cm³/mol. The zero-order chi connectivity index (χ0) is 21.0. The van der Waals surface area contributed by atoms with Crippen LogP contribution in [0.3, 0.4) is 0 Å². The first kappa shape index (κ1) is 18.8. The van der Waals surface area contributed by atoms with Gasteiger partial charge in [0.05, 0.1) is 0 Å². The van der Waals surface area contributed by atoms with Crippen LogP contribution in [0.15, 0.2) is 59.8 Å². The summed E-state index contributed by atoms with van der Waals surface area (Å²) < 4.78 is 1.89. The average Bonchev–Trinajstić information content (AvgIpc) is 3.09. The van der Waals surface area contributed by atoms with E-state index in [1.54, 1.807) is 0 Å². The molecule has 5 nitrogen and oxygen atoms in total. The van der Waals surface area contributed by atoms with Gasteiger partial charge in [0.1, 0.15) is 6.04 Å². The molecule has 5 rings (SSSR count). The summed E-state index contributed by atoms with van der Waals surface area (Å²) in [6.45, 7) is 8.44. The topological polar surface area (TPSA) is 59.8 Å². The molecule has 152 valence electrons. The number of ketones is 1. The largest absolute Gasteiger partial charge is 0.328 e. The standard InChI is InChI=1S/C25H26N4O/c1-15-8-7-10-17(12-15)22-21-19(13-25(3,4)14-20(21)30)26-24-27-23(28-29(22)24)18-11-6-5-9-16(18)2/h5-12,22H,13-14H2,1-4H3,(H,26,27,28). The van der Waals surface area contributed by atoms with Gasteiger partial charge in [-0.1, -0.05) is 67.9 Å². The molecule has 5 heteroatoms. The van der Waals surface area contributed by atoms with Gasteiger partial charge in [-0.2, -0.15) is 4.98 Å². The van der Waals surface area contributed by atoms with Crippen LogP contribution in [-0.4, -0.2) is 20.5 Å². The molecule has 0 amide bonds. The van der Waals surface area contributed by atoms with Crippen LogP contribution in [0.1, 0.15) is 49.4 Å². The second-order valence-electron chi connectivity index (χ2n) is 9.29. The average molecular weight is 399 g/mol. The molecule has 1 unspecified atom stereocenters. The van der Waals surface area contributed by atoms with E-state index in [1.165, 1.54) is 0 Å². The van der Waals surface area contributed by atoms with Crippen LogP contribution in [-0.2, 0) is 4.79 Å². The minimum Gasteiger partial charge on any atom is -0.328 e. The number of fused-ring (bicyclic) bond motifs is 1. The maximum Gasteiger partial charge on any atom is 0.226 e. The summed E-state index contributed by atoms with van der Waals surface area (Å²) in [6.07, 6.45) is 1.37. The number of aromatic nitrogens is 3. The third kappa shape index (κ3) is 3.05. The van der Waals surface area contributed by atoms with Crippen molar-refractivity contribution >= 4 is 11.7 Å². The van der Waals surface area contributed by atoms with Crippen molar-refractivity contribution in [1.82, 2.24) is 14.8 Å². The van der Waals surface area contributed by atoms with E-state index in [1.807, 2.05) is 28.9 Å². The normalized spacial score (nSPS) is 19.9. The SMILES string of the molecule is Cc1cccc(C2C3=C(CC(C)(C)CC3=O)Nc3nc(-c4ccccc4C)nn32)c1. The summed E-state index contributed by atoms with van der Waals surface area (Å²) in [4.78, 5) is 18.1. The summed E-state index contributed by atoms with van der Waals surface area (Å²) >= 11 is 0. The maximum absolute atomic E-state index is 13.3. The van der Waals surface area contributed by atoms with Crippen LogP contribution in [0, 0.1) is 19.3 Å². The van der Waals surface area contributed by atoms with Gasteiger partial charge in [0.25, 0.3) is 0 Å². The second kappa shape index (κ2) is 6.66. The summed E-state index contributed by atoms with van der Waals surface area (Å²) in [6, 6.07) is 16.2. The number of carbonyl (C=O) groups excluding carboxylic acids is 1. The van der Waals surface area contributed by atoms with E-state index in [0.717, 1.165) is 39.9 Å². The second-order valence-corrected chi connectivity index (χ2v) is 9.29. The minimum absolute atomic E-state index is 0.0683. The van der Waals surface area contributed by atoms with Crippen molar-refractivity contribution < 1.29 is 4.79 Å². The van der Waals surface area contributed by atoms with E-state index in [-0.39, 0.29) is 17.2 Å². The third-order valence-electron chi connectivity index (χ3n) is 6.08. The number of anilines is 1. The molecule has 1 aromatic heterocycles. The smallest absolute Gasteiger partial charge is 0.226 e. The van der Waals surface area contributed by atoms with Gasteiger partial charge in [-0.05, 0) is 36.8 Å². The lowest BCUT2D eigenvalue weighted by Crippen LogP contribution is -2.36. The van der Waals surface area contributed by atoms with Gasteiger partial charge in [-0.25, -0.2) is 4.68 Å². The summed E-state index contributed by atoms with van der Waals surface area (Å²) in [5.41, 5.74) is 6.11. The van der Waals surface area contributed by atoms with Gasteiger partial charge in [0.15, 0.2) is 11.6 Å². The van der Waals surface area contributed by atoms with E-state index in [4.69, 9.17) is 10.1 Å². The number of Topliss-reactive ketones (excluding diaryl/α,β-unsaturated/α-hetero) is 1. The summed E-state index contributed by atoms with van der Waals surface area (Å²) in [7, 11) is 0. The quantitative estimate of drug-likeness (QED) is 0.643. The molecule has 0 saturated carbocycles. The van der Waals surface area contributed by atoms with Crippen molar-refractivity contribution in [1.29, 1.82) is 0 Å². The van der Waals surface area contributed by atoms with E-state index < -0.39 is 0 Å². The molecule has 3 aromatic rings. The number of benzene rings is 2. The third-order valence-corrected chi connectivity index (χ3v) is 6.08. The lowest BCUT2D eigenvalue weighted by molar-refractivity contribution is -0.118. The number of allylic oxidation sites excluding steroid dienone is 2. The Morgan fingerprint density at radius 2 is 1.87 bits per heavy atom. The van der Waals surface area contributed by atoms with Gasteiger partial charge in [-0.3, -0.25) is 4.79 Å². The number of nitrogens with one attached hydrogen (secondary N) is 1. The van der Waals surface area contributed by atoms with Crippen LogP contribution in [0.2, 0.25) is 0 Å². The Labute approximate surface area is 176 Å². The Morgan fingerprint density at radius 3 is 2.63 bits per heavy atom. The molecular formula is C25H26N4O. The van der Waals surface area contributed by atoms with Crippen LogP contribution in [0.25, 0.3) is 11.4 Å². The van der Waals surface area contributed by atoms with Gasteiger partial charge in [-0.15, -0.1) is 5.10 Å². The highest BCUT2D eigenvalue weighted by molar-refractivity contribution is 6.00. The van der Waals surface area contributed by atoms with Crippen LogP contribution in [0.4, 0.5) is 5.95 Å². The molecule has 1 aliphatic heterocycles. The van der Waals surface area contributed by atoms with Crippen molar-refractivity contribution in [3.05, 3.63) is 76.5 Å². The first-order valence-electron chi connectivity index (χ1n) is 10.4. The summed E-state index contributed by atoms with van der Waals surface area (Å²) in [5.74, 6) is 1.57. The fraction of sp³-hybridized carbons (Fsp3) is 0.320. The highest BCUT2D eigenvalue weighted by Gasteiger charge is 2.41. The molecule has 1 aliphatic carbocycles. The number of aryl methyl sites for hydroxylation is 2. The Kier molecular flexibility index (Phi) is 4.17. The fourth-order valence-corrected chi connectivity index (χ4v) is 4.70. The van der Waals surface area contributed by atoms with Crippen molar-refractivity contribution in [2.45, 2.75) is 46.6 Å². The first-order chi connectivity index (χ1) is 14.3. The number of hydrogen-bond acceptors (Lipinski definition) is 4. The lowest BCUT2D eigenvalue weighted by atomic mass is 9.73. The molecule has 0 radical (unpaired) electrons. The Hall–Kier alpha value is -3.21. The zero-order valence-corrected chi connectivity index (χ0v) is 17.9. The first-order valence-corrected chi connectivity index (χ1v) is 10.4. The highest BCUT2D eigenvalue weighted by Crippen LogP contribution is 2.45. The number of hydrogen-bond donors (Lipinski definition) is 1. The molecule has 1 N–H and O–H groups in total. The molecular weight excluding hydrogens is 372 g/mol. The monoisotopic (exact) mass is 398 g/mol. The van der Waals surface area contributed by atoms with Crippen LogP contribution >= 0.6 is 0 Å². The minimum atomic E-state index is -0.259. The zero-order valence-electron chi connectivity index (χ0n) is 17.9. The van der Waals surface area contributed by atoms with Crippen molar-refractivity contribution in [3.8, 4) is 11.4 Å². The summed E-state index contributed by atoms with van der Waals surface area (Å²) in [5, 5.41) is 8.34. The molecule has 2 heterocycles. The Balaban J connectivity index is 1.71. The van der Waals surface area contributed by atoms with Crippen LogP contribution < -0.4 is 5.32 Å². The molecule has 0 bridgehead atoms. The van der Waals surface area contributed by atoms with Gasteiger partial charge in [0, 0.05) is 23.3 Å². The van der Waals surface area contributed by atoms with E-state index >= 15 is 0 Å². The number of carbonyl (C=O) groups is 1. The Bertz CT molecular complexity index is 1200. The van der Waals surface area contributed by atoms with Crippen molar-refractivity contribution in [3.63, 3.8) is 0 Å². The molecule has 2 aliphatic rings. The number of nitrogens with zero attached hydrogens (tertiary/aromatic N) is 3. The van der Waals surface area contributed by atoms with Gasteiger partial charge < -0.3 is 5.32 Å². The molecule has 1 atom stereocenters. The van der Waals surface area contributed by atoms with Crippen molar-refractivity contribution in [2.75, 3.05) is 5.32 Å². The maximum atomic E-state index is 13.3. The predicted octanol–water partition coefficient (Wildman–Crippen LogP) is 5.22. The molecule has 2 aromatic carbocycles. The van der Waals surface area contributed by atoms with E-state index in [0.29, 0.717) is 18.2 Å². The highest BCUT2D eigenvalue weighted by atomic mass is 16.1. The number of rotatable bonds is 2. The molecule has 30 heavy (non-hydrogen) atoms. The van der Waals surface area contributed by atoms with E-state index in [2.05, 4.69) is 57.3 Å². The Morgan fingerprint density at radius 1 is 1.07 bits per heavy atom.